The van der Waals surface area contributed by atoms with E-state index in [0.717, 1.165) is 12.3 Å². The average molecular weight is 231 g/mol. The Morgan fingerprint density at radius 3 is 2.65 bits per heavy atom. The van der Waals surface area contributed by atoms with E-state index in [9.17, 15) is 0 Å². The van der Waals surface area contributed by atoms with Crippen molar-refractivity contribution in [3.8, 4) is 5.75 Å². The smallest absolute Gasteiger partial charge is 0.120 e. The van der Waals surface area contributed by atoms with Crippen LogP contribution in [0.4, 0.5) is 0 Å². The zero-order chi connectivity index (χ0) is 11.7. The number of hydrogen-bond acceptors (Lipinski definition) is 2. The molecule has 2 fully saturated rings. The van der Waals surface area contributed by atoms with Crippen molar-refractivity contribution >= 4 is 0 Å². The third kappa shape index (κ3) is 2.19. The fraction of sp³-hybridized carbons (Fsp3) is 0.600. The molecule has 0 saturated heterocycles. The summed E-state index contributed by atoms with van der Waals surface area (Å²) in [6.07, 6.45) is 7.97. The van der Waals surface area contributed by atoms with Gasteiger partial charge in [0.05, 0.1) is 6.10 Å². The first-order valence-corrected chi connectivity index (χ1v) is 6.80. The normalized spacial score (nSPS) is 22.6. The second kappa shape index (κ2) is 4.34. The van der Waals surface area contributed by atoms with Crippen LogP contribution in [0.5, 0.6) is 5.75 Å². The van der Waals surface area contributed by atoms with E-state index in [1.807, 2.05) is 0 Å². The van der Waals surface area contributed by atoms with Gasteiger partial charge in [-0.2, -0.15) is 0 Å². The molecule has 3 rings (SSSR count). The lowest BCUT2D eigenvalue weighted by Crippen LogP contribution is -2.20. The fourth-order valence-electron chi connectivity index (χ4n) is 2.86. The Morgan fingerprint density at radius 2 is 2.00 bits per heavy atom. The molecule has 2 nitrogen and oxygen atoms in total. The van der Waals surface area contributed by atoms with Gasteiger partial charge in [0.25, 0.3) is 0 Å². The third-order valence-electron chi connectivity index (χ3n) is 4.30. The molecule has 92 valence electrons. The van der Waals surface area contributed by atoms with E-state index < -0.39 is 0 Å². The van der Waals surface area contributed by atoms with Crippen LogP contribution in [0.25, 0.3) is 0 Å². The summed E-state index contributed by atoms with van der Waals surface area (Å²) in [4.78, 5) is 0. The number of ether oxygens (including phenoxy) is 1. The summed E-state index contributed by atoms with van der Waals surface area (Å²) < 4.78 is 6.04. The minimum absolute atomic E-state index is 0.273. The summed E-state index contributed by atoms with van der Waals surface area (Å²) >= 11 is 0. The molecule has 2 N–H and O–H groups in total. The van der Waals surface area contributed by atoms with Gasteiger partial charge in [-0.1, -0.05) is 12.1 Å². The first kappa shape index (κ1) is 11.1. The molecule has 0 bridgehead atoms. The van der Waals surface area contributed by atoms with Crippen molar-refractivity contribution in [2.45, 2.75) is 50.0 Å². The summed E-state index contributed by atoms with van der Waals surface area (Å²) in [5.74, 6) is 1.04. The van der Waals surface area contributed by atoms with Crippen LogP contribution in [0, 0.1) is 0 Å². The van der Waals surface area contributed by atoms with Crippen molar-refractivity contribution in [1.29, 1.82) is 0 Å². The maximum absolute atomic E-state index is 6.04. The molecule has 2 aliphatic carbocycles. The molecule has 2 heteroatoms. The van der Waals surface area contributed by atoms with Gasteiger partial charge in [-0.05, 0) is 56.2 Å². The summed E-state index contributed by atoms with van der Waals surface area (Å²) in [6.45, 7) is 0.764. The quantitative estimate of drug-likeness (QED) is 0.864. The number of hydrogen-bond donors (Lipinski definition) is 1. The lowest BCUT2D eigenvalue weighted by molar-refractivity contribution is 0.209. The van der Waals surface area contributed by atoms with Gasteiger partial charge in [0, 0.05) is 12.0 Å². The van der Waals surface area contributed by atoms with Crippen LogP contribution >= 0.6 is 0 Å². The molecule has 1 aromatic carbocycles. The van der Waals surface area contributed by atoms with Crippen molar-refractivity contribution in [3.63, 3.8) is 0 Å². The molecule has 17 heavy (non-hydrogen) atoms. The zero-order valence-corrected chi connectivity index (χ0v) is 10.3. The van der Waals surface area contributed by atoms with Crippen LogP contribution in [-0.2, 0) is 5.41 Å². The topological polar surface area (TPSA) is 35.2 Å². The standard InChI is InChI=1S/C15H21NO/c16-11-15(8-9-15)12-4-3-7-14(10-12)17-13-5-1-2-6-13/h3-4,7,10,13H,1-2,5-6,8-9,11,16H2. The van der Waals surface area contributed by atoms with Gasteiger partial charge in [-0.25, -0.2) is 0 Å². The lowest BCUT2D eigenvalue weighted by Gasteiger charge is -2.17. The van der Waals surface area contributed by atoms with Crippen molar-refractivity contribution in [1.82, 2.24) is 0 Å². The number of nitrogens with two attached hydrogens (primary N) is 1. The van der Waals surface area contributed by atoms with E-state index in [1.54, 1.807) is 0 Å². The zero-order valence-electron chi connectivity index (χ0n) is 10.3. The maximum Gasteiger partial charge on any atom is 0.120 e. The first-order valence-electron chi connectivity index (χ1n) is 6.80. The van der Waals surface area contributed by atoms with Crippen molar-refractivity contribution in [2.24, 2.45) is 5.73 Å². The van der Waals surface area contributed by atoms with Crippen LogP contribution in [0.15, 0.2) is 24.3 Å². The highest BCUT2D eigenvalue weighted by atomic mass is 16.5. The molecule has 1 aromatic rings. The minimum Gasteiger partial charge on any atom is -0.490 e. The van der Waals surface area contributed by atoms with Crippen LogP contribution in [0.1, 0.15) is 44.1 Å². The largest absolute Gasteiger partial charge is 0.490 e. The molecule has 0 unspecified atom stereocenters. The van der Waals surface area contributed by atoms with Crippen LogP contribution in [0.2, 0.25) is 0 Å². The van der Waals surface area contributed by atoms with E-state index >= 15 is 0 Å². The molecule has 0 atom stereocenters. The highest BCUT2D eigenvalue weighted by Gasteiger charge is 2.42. The van der Waals surface area contributed by atoms with Gasteiger partial charge >= 0.3 is 0 Å². The van der Waals surface area contributed by atoms with E-state index in [2.05, 4.69) is 24.3 Å². The van der Waals surface area contributed by atoms with E-state index in [1.165, 1.54) is 44.1 Å². The Kier molecular flexibility index (Phi) is 2.83. The van der Waals surface area contributed by atoms with E-state index in [4.69, 9.17) is 10.5 Å². The number of benzene rings is 1. The molecule has 2 saturated carbocycles. The van der Waals surface area contributed by atoms with Gasteiger partial charge < -0.3 is 10.5 Å². The van der Waals surface area contributed by atoms with Gasteiger partial charge in [-0.15, -0.1) is 0 Å². The van der Waals surface area contributed by atoms with Gasteiger partial charge in [0.1, 0.15) is 5.75 Å². The van der Waals surface area contributed by atoms with E-state index in [-0.39, 0.29) is 5.41 Å². The molecule has 0 aromatic heterocycles. The second-order valence-electron chi connectivity index (χ2n) is 5.54. The average Bonchev–Trinajstić information content (AvgIpc) is 3.02. The highest BCUT2D eigenvalue weighted by molar-refractivity contribution is 5.38. The Labute approximate surface area is 103 Å². The molecule has 0 aliphatic heterocycles. The molecular formula is C15H21NO. The second-order valence-corrected chi connectivity index (χ2v) is 5.54. The van der Waals surface area contributed by atoms with Crippen molar-refractivity contribution in [3.05, 3.63) is 29.8 Å². The summed E-state index contributed by atoms with van der Waals surface area (Å²) in [7, 11) is 0. The number of rotatable bonds is 4. The lowest BCUT2D eigenvalue weighted by atomic mass is 9.96. The van der Waals surface area contributed by atoms with Crippen LogP contribution in [0.3, 0.4) is 0 Å². The Hall–Kier alpha value is -1.02. The summed E-state index contributed by atoms with van der Waals surface area (Å²) in [5, 5.41) is 0. The molecule has 0 amide bonds. The third-order valence-corrected chi connectivity index (χ3v) is 4.30. The van der Waals surface area contributed by atoms with E-state index in [0.29, 0.717) is 6.10 Å². The predicted octanol–water partition coefficient (Wildman–Crippen LogP) is 3.00. The Morgan fingerprint density at radius 1 is 1.24 bits per heavy atom. The van der Waals surface area contributed by atoms with Crippen molar-refractivity contribution < 1.29 is 4.74 Å². The Balaban J connectivity index is 1.74. The Bertz CT molecular complexity index is 392. The minimum atomic E-state index is 0.273. The predicted molar refractivity (Wildman–Crippen MR) is 69.3 cm³/mol. The van der Waals surface area contributed by atoms with Crippen LogP contribution in [-0.4, -0.2) is 12.6 Å². The van der Waals surface area contributed by atoms with Gasteiger partial charge in [-0.3, -0.25) is 0 Å². The highest BCUT2D eigenvalue weighted by Crippen LogP contribution is 2.47. The summed E-state index contributed by atoms with van der Waals surface area (Å²) in [5.41, 5.74) is 7.52. The molecule has 0 heterocycles. The monoisotopic (exact) mass is 231 g/mol. The molecule has 2 aliphatic rings. The van der Waals surface area contributed by atoms with Crippen LogP contribution < -0.4 is 10.5 Å². The molecular weight excluding hydrogens is 210 g/mol. The maximum atomic E-state index is 6.04. The van der Waals surface area contributed by atoms with Gasteiger partial charge in [0.15, 0.2) is 0 Å². The first-order chi connectivity index (χ1) is 8.32. The van der Waals surface area contributed by atoms with Gasteiger partial charge in [0.2, 0.25) is 0 Å². The fourth-order valence-corrected chi connectivity index (χ4v) is 2.86. The SMILES string of the molecule is NCC1(c2cccc(OC3CCCC3)c2)CC1. The molecule has 0 spiro atoms. The van der Waals surface area contributed by atoms with Crippen molar-refractivity contribution in [2.75, 3.05) is 6.54 Å². The summed E-state index contributed by atoms with van der Waals surface area (Å²) in [6, 6.07) is 8.59. The molecule has 0 radical (unpaired) electrons.